The molecule has 1 unspecified atom stereocenters. The van der Waals surface area contributed by atoms with Crippen molar-refractivity contribution in [3.05, 3.63) is 18.0 Å². The Morgan fingerprint density at radius 3 is 2.88 bits per heavy atom. The topological polar surface area (TPSA) is 43.8 Å². The SMILES string of the molecule is Cn1ccc(C(N)CSC2CCCCC2)n1. The number of hydrogen-bond donors (Lipinski definition) is 1. The summed E-state index contributed by atoms with van der Waals surface area (Å²) in [7, 11) is 1.94. The van der Waals surface area contributed by atoms with E-state index in [1.807, 2.05) is 35.8 Å². The van der Waals surface area contributed by atoms with Gasteiger partial charge in [0, 0.05) is 24.2 Å². The summed E-state index contributed by atoms with van der Waals surface area (Å²) >= 11 is 2.04. The second-order valence-electron chi connectivity index (χ2n) is 4.61. The van der Waals surface area contributed by atoms with Crippen molar-refractivity contribution in [2.45, 2.75) is 43.4 Å². The first-order valence-corrected chi connectivity index (χ1v) is 7.17. The van der Waals surface area contributed by atoms with E-state index in [9.17, 15) is 0 Å². The fraction of sp³-hybridized carbons (Fsp3) is 0.750. The summed E-state index contributed by atoms with van der Waals surface area (Å²) in [4.78, 5) is 0. The Balaban J connectivity index is 1.76. The van der Waals surface area contributed by atoms with E-state index < -0.39 is 0 Å². The van der Waals surface area contributed by atoms with E-state index in [-0.39, 0.29) is 6.04 Å². The molecule has 1 aliphatic carbocycles. The molecular weight excluding hydrogens is 218 g/mol. The predicted octanol–water partition coefficient (Wildman–Crippen LogP) is 2.49. The van der Waals surface area contributed by atoms with Crippen LogP contribution < -0.4 is 5.73 Å². The second kappa shape index (κ2) is 5.73. The standard InChI is InChI=1S/C12H21N3S/c1-15-8-7-12(14-15)11(13)9-16-10-5-3-2-4-6-10/h7-8,10-11H,2-6,9,13H2,1H3. The Morgan fingerprint density at radius 1 is 1.50 bits per heavy atom. The van der Waals surface area contributed by atoms with E-state index in [2.05, 4.69) is 5.10 Å². The average Bonchev–Trinajstić information content (AvgIpc) is 2.74. The zero-order valence-electron chi connectivity index (χ0n) is 9.93. The van der Waals surface area contributed by atoms with Crippen LogP contribution in [0.15, 0.2) is 12.3 Å². The van der Waals surface area contributed by atoms with E-state index in [1.165, 1.54) is 32.1 Å². The van der Waals surface area contributed by atoms with Gasteiger partial charge in [-0.15, -0.1) is 0 Å². The van der Waals surface area contributed by atoms with Gasteiger partial charge >= 0.3 is 0 Å². The summed E-state index contributed by atoms with van der Waals surface area (Å²) in [6.07, 6.45) is 8.93. The molecule has 0 amide bonds. The highest BCUT2D eigenvalue weighted by atomic mass is 32.2. The maximum absolute atomic E-state index is 6.13. The van der Waals surface area contributed by atoms with Crippen LogP contribution in [0.5, 0.6) is 0 Å². The van der Waals surface area contributed by atoms with Crippen molar-refractivity contribution in [3.63, 3.8) is 0 Å². The van der Waals surface area contributed by atoms with Crippen LogP contribution in [0.25, 0.3) is 0 Å². The van der Waals surface area contributed by atoms with E-state index in [4.69, 9.17) is 5.73 Å². The monoisotopic (exact) mass is 239 g/mol. The molecule has 1 aromatic heterocycles. The predicted molar refractivity (Wildman–Crippen MR) is 69.5 cm³/mol. The molecule has 0 bridgehead atoms. The summed E-state index contributed by atoms with van der Waals surface area (Å²) in [6.45, 7) is 0. The van der Waals surface area contributed by atoms with E-state index >= 15 is 0 Å². The minimum atomic E-state index is 0.0909. The molecule has 1 aromatic rings. The van der Waals surface area contributed by atoms with Crippen molar-refractivity contribution in [1.29, 1.82) is 0 Å². The fourth-order valence-electron chi connectivity index (χ4n) is 2.19. The molecule has 1 fully saturated rings. The Labute approximate surface area is 102 Å². The number of rotatable bonds is 4. The first-order valence-electron chi connectivity index (χ1n) is 6.12. The van der Waals surface area contributed by atoms with Crippen LogP contribution in [0.4, 0.5) is 0 Å². The van der Waals surface area contributed by atoms with Crippen LogP contribution in [0.3, 0.4) is 0 Å². The van der Waals surface area contributed by atoms with Crippen molar-refractivity contribution in [2.75, 3.05) is 5.75 Å². The molecule has 16 heavy (non-hydrogen) atoms. The molecule has 1 atom stereocenters. The minimum Gasteiger partial charge on any atom is -0.322 e. The number of hydrogen-bond acceptors (Lipinski definition) is 3. The van der Waals surface area contributed by atoms with Gasteiger partial charge in [0.05, 0.1) is 11.7 Å². The Bertz CT molecular complexity index is 318. The zero-order valence-corrected chi connectivity index (χ0v) is 10.7. The third kappa shape index (κ3) is 3.25. The van der Waals surface area contributed by atoms with Gasteiger partial charge in [0.1, 0.15) is 0 Å². The van der Waals surface area contributed by atoms with Crippen LogP contribution in [0, 0.1) is 0 Å². The number of nitrogens with zero attached hydrogens (tertiary/aromatic N) is 2. The van der Waals surface area contributed by atoms with Crippen molar-refractivity contribution >= 4 is 11.8 Å². The molecule has 0 aliphatic heterocycles. The third-order valence-corrected chi connectivity index (χ3v) is 4.67. The maximum atomic E-state index is 6.13. The summed E-state index contributed by atoms with van der Waals surface area (Å²) < 4.78 is 1.82. The maximum Gasteiger partial charge on any atom is 0.0800 e. The van der Waals surface area contributed by atoms with Gasteiger partial charge in [-0.25, -0.2) is 0 Å². The van der Waals surface area contributed by atoms with E-state index in [0.717, 1.165) is 16.7 Å². The van der Waals surface area contributed by atoms with Crippen molar-refractivity contribution in [1.82, 2.24) is 9.78 Å². The van der Waals surface area contributed by atoms with Crippen LogP contribution in [-0.2, 0) is 7.05 Å². The largest absolute Gasteiger partial charge is 0.322 e. The van der Waals surface area contributed by atoms with Crippen LogP contribution in [-0.4, -0.2) is 20.8 Å². The molecule has 90 valence electrons. The van der Waals surface area contributed by atoms with E-state index in [0.29, 0.717) is 0 Å². The van der Waals surface area contributed by atoms with Crippen LogP contribution in [0.1, 0.15) is 43.8 Å². The highest BCUT2D eigenvalue weighted by Gasteiger charge is 2.16. The highest BCUT2D eigenvalue weighted by Crippen LogP contribution is 2.30. The van der Waals surface area contributed by atoms with Crippen LogP contribution in [0.2, 0.25) is 0 Å². The summed E-state index contributed by atoms with van der Waals surface area (Å²) in [5, 5.41) is 5.19. The third-order valence-electron chi connectivity index (χ3n) is 3.18. The van der Waals surface area contributed by atoms with Gasteiger partial charge in [0.25, 0.3) is 0 Å². The molecule has 4 heteroatoms. The van der Waals surface area contributed by atoms with Gasteiger partial charge in [-0.05, 0) is 18.9 Å². The summed E-state index contributed by atoms with van der Waals surface area (Å²) in [5.74, 6) is 1.00. The smallest absolute Gasteiger partial charge is 0.0800 e. The Morgan fingerprint density at radius 2 is 2.25 bits per heavy atom. The first-order chi connectivity index (χ1) is 7.75. The van der Waals surface area contributed by atoms with Crippen molar-refractivity contribution < 1.29 is 0 Å². The number of aryl methyl sites for hydroxylation is 1. The first kappa shape index (κ1) is 12.0. The molecule has 1 aliphatic rings. The summed E-state index contributed by atoms with van der Waals surface area (Å²) in [5.41, 5.74) is 7.15. The molecule has 1 saturated carbocycles. The number of thioether (sulfide) groups is 1. The van der Waals surface area contributed by atoms with Crippen molar-refractivity contribution in [2.24, 2.45) is 12.8 Å². The molecular formula is C12H21N3S. The van der Waals surface area contributed by atoms with Gasteiger partial charge < -0.3 is 5.73 Å². The lowest BCUT2D eigenvalue weighted by Crippen LogP contribution is -2.17. The molecule has 3 nitrogen and oxygen atoms in total. The van der Waals surface area contributed by atoms with E-state index in [1.54, 1.807) is 0 Å². The molecule has 2 rings (SSSR count). The fourth-order valence-corrected chi connectivity index (χ4v) is 3.50. The molecule has 1 heterocycles. The van der Waals surface area contributed by atoms with Crippen molar-refractivity contribution in [3.8, 4) is 0 Å². The molecule has 0 radical (unpaired) electrons. The minimum absolute atomic E-state index is 0.0909. The van der Waals surface area contributed by atoms with Gasteiger partial charge in [-0.3, -0.25) is 4.68 Å². The average molecular weight is 239 g/mol. The summed E-state index contributed by atoms with van der Waals surface area (Å²) in [6, 6.07) is 2.11. The van der Waals surface area contributed by atoms with Gasteiger partial charge in [-0.2, -0.15) is 16.9 Å². The normalized spacial score (nSPS) is 19.9. The Kier molecular flexibility index (Phi) is 4.29. The highest BCUT2D eigenvalue weighted by molar-refractivity contribution is 7.99. The number of nitrogens with two attached hydrogens (primary N) is 1. The molecule has 0 spiro atoms. The van der Waals surface area contributed by atoms with Crippen LogP contribution >= 0.6 is 11.8 Å². The zero-order chi connectivity index (χ0) is 11.4. The lowest BCUT2D eigenvalue weighted by Gasteiger charge is -2.22. The molecule has 0 aromatic carbocycles. The lowest BCUT2D eigenvalue weighted by molar-refractivity contribution is 0.515. The quantitative estimate of drug-likeness (QED) is 0.878. The van der Waals surface area contributed by atoms with Gasteiger partial charge in [0.15, 0.2) is 0 Å². The van der Waals surface area contributed by atoms with Gasteiger partial charge in [0.2, 0.25) is 0 Å². The Hall–Kier alpha value is -0.480. The lowest BCUT2D eigenvalue weighted by atomic mass is 10.0. The second-order valence-corrected chi connectivity index (χ2v) is 5.95. The molecule has 0 saturated heterocycles. The van der Waals surface area contributed by atoms with Gasteiger partial charge in [-0.1, -0.05) is 19.3 Å². The molecule has 2 N–H and O–H groups in total. The number of aromatic nitrogens is 2.